The number of halogens is 1. The number of hydrogen-bond acceptors (Lipinski definition) is 3. The fourth-order valence-corrected chi connectivity index (χ4v) is 2.01. The van der Waals surface area contributed by atoms with Crippen molar-refractivity contribution in [2.24, 2.45) is 0 Å². The smallest absolute Gasteiger partial charge is 0.251 e. The summed E-state index contributed by atoms with van der Waals surface area (Å²) in [5, 5.41) is 0. The van der Waals surface area contributed by atoms with Gasteiger partial charge in [-0.25, -0.2) is 4.98 Å². The van der Waals surface area contributed by atoms with Gasteiger partial charge in [-0.15, -0.1) is 23.4 Å². The number of benzene rings is 1. The third-order valence-electron chi connectivity index (χ3n) is 2.30. The maximum Gasteiger partial charge on any atom is 0.251 e. The van der Waals surface area contributed by atoms with Crippen LogP contribution in [0.25, 0.3) is 11.4 Å². The van der Waals surface area contributed by atoms with Crippen molar-refractivity contribution < 1.29 is 0 Å². The van der Waals surface area contributed by atoms with E-state index in [1.54, 1.807) is 11.8 Å². The van der Waals surface area contributed by atoms with Gasteiger partial charge in [0.05, 0.1) is 11.6 Å². The van der Waals surface area contributed by atoms with Crippen LogP contribution in [-0.4, -0.2) is 16.2 Å². The first-order valence-corrected chi connectivity index (χ1v) is 6.79. The average Bonchev–Trinajstić information content (AvgIpc) is 2.38. The minimum Gasteiger partial charge on any atom is -0.307 e. The monoisotopic (exact) mass is 266 g/mol. The summed E-state index contributed by atoms with van der Waals surface area (Å²) in [6, 6.07) is 9.26. The summed E-state index contributed by atoms with van der Waals surface area (Å²) in [5.41, 5.74) is 1.28. The van der Waals surface area contributed by atoms with Crippen molar-refractivity contribution >= 4 is 23.4 Å². The van der Waals surface area contributed by atoms with Crippen LogP contribution in [0.2, 0.25) is 0 Å². The van der Waals surface area contributed by atoms with Crippen molar-refractivity contribution in [3.05, 3.63) is 46.4 Å². The van der Waals surface area contributed by atoms with E-state index in [1.807, 2.05) is 30.5 Å². The number of aromatic amines is 1. The van der Waals surface area contributed by atoms with E-state index in [4.69, 9.17) is 11.6 Å². The second-order valence-electron chi connectivity index (χ2n) is 3.45. The lowest BCUT2D eigenvalue weighted by Crippen LogP contribution is -2.09. The van der Waals surface area contributed by atoms with Crippen molar-refractivity contribution in [2.45, 2.75) is 10.8 Å². The highest BCUT2D eigenvalue weighted by Crippen LogP contribution is 2.19. The number of aromatic nitrogens is 2. The van der Waals surface area contributed by atoms with Gasteiger partial charge in [0.2, 0.25) is 0 Å². The van der Waals surface area contributed by atoms with Crippen molar-refractivity contribution in [3.63, 3.8) is 0 Å². The average molecular weight is 267 g/mol. The molecule has 0 saturated carbocycles. The predicted octanol–water partition coefficient (Wildman–Crippen LogP) is 2.90. The van der Waals surface area contributed by atoms with Gasteiger partial charge in [-0.3, -0.25) is 4.79 Å². The number of alkyl halides is 1. The van der Waals surface area contributed by atoms with Gasteiger partial charge in [-0.05, 0) is 18.4 Å². The van der Waals surface area contributed by atoms with E-state index < -0.39 is 0 Å². The Labute approximate surface area is 108 Å². The molecule has 17 heavy (non-hydrogen) atoms. The van der Waals surface area contributed by atoms with Crippen LogP contribution < -0.4 is 5.56 Å². The molecule has 5 heteroatoms. The molecular formula is C12H11ClN2OS. The van der Waals surface area contributed by atoms with Gasteiger partial charge in [-0.2, -0.15) is 0 Å². The Morgan fingerprint density at radius 3 is 2.65 bits per heavy atom. The zero-order chi connectivity index (χ0) is 12.3. The first-order valence-electron chi connectivity index (χ1n) is 5.03. The number of thioether (sulfide) groups is 1. The minimum absolute atomic E-state index is 0.181. The van der Waals surface area contributed by atoms with Crippen LogP contribution in [0.1, 0.15) is 5.69 Å². The molecule has 0 radical (unpaired) electrons. The molecule has 0 amide bonds. The molecule has 0 bridgehead atoms. The zero-order valence-electron chi connectivity index (χ0n) is 9.24. The molecule has 2 rings (SSSR count). The van der Waals surface area contributed by atoms with Crippen LogP contribution in [0.4, 0.5) is 0 Å². The molecule has 0 spiro atoms. The molecule has 0 saturated heterocycles. The highest BCUT2D eigenvalue weighted by Gasteiger charge is 2.03. The molecule has 1 aromatic heterocycles. The van der Waals surface area contributed by atoms with E-state index in [1.165, 1.54) is 11.0 Å². The molecular weight excluding hydrogens is 256 g/mol. The zero-order valence-corrected chi connectivity index (χ0v) is 10.8. The molecule has 0 fully saturated rings. The number of nitrogens with zero attached hydrogens (tertiary/aromatic N) is 1. The minimum atomic E-state index is -0.181. The molecule has 1 heterocycles. The van der Waals surface area contributed by atoms with Crippen LogP contribution in [-0.2, 0) is 5.88 Å². The summed E-state index contributed by atoms with van der Waals surface area (Å²) in [6.07, 6.45) is 2.02. The van der Waals surface area contributed by atoms with Crippen LogP contribution in [0.3, 0.4) is 0 Å². The summed E-state index contributed by atoms with van der Waals surface area (Å²) >= 11 is 7.36. The normalized spacial score (nSPS) is 10.5. The van der Waals surface area contributed by atoms with Gasteiger partial charge in [0, 0.05) is 16.5 Å². The van der Waals surface area contributed by atoms with Crippen LogP contribution >= 0.6 is 23.4 Å². The summed E-state index contributed by atoms with van der Waals surface area (Å²) in [4.78, 5) is 19.6. The van der Waals surface area contributed by atoms with E-state index in [2.05, 4.69) is 9.97 Å². The summed E-state index contributed by atoms with van der Waals surface area (Å²) in [5.74, 6) is 0.792. The lowest BCUT2D eigenvalue weighted by atomic mass is 10.2. The number of rotatable bonds is 3. The van der Waals surface area contributed by atoms with E-state index in [-0.39, 0.29) is 11.4 Å². The van der Waals surface area contributed by atoms with E-state index >= 15 is 0 Å². The Bertz CT molecular complexity index is 565. The molecule has 0 aliphatic rings. The molecule has 2 aromatic rings. The van der Waals surface area contributed by atoms with E-state index in [0.717, 1.165) is 5.56 Å². The number of hydrogen-bond donors (Lipinski definition) is 1. The Morgan fingerprint density at radius 1 is 1.35 bits per heavy atom. The lowest BCUT2D eigenvalue weighted by molar-refractivity contribution is 1.06. The predicted molar refractivity (Wildman–Crippen MR) is 71.6 cm³/mol. The van der Waals surface area contributed by atoms with E-state index in [9.17, 15) is 4.79 Å². The molecule has 0 atom stereocenters. The topological polar surface area (TPSA) is 45.8 Å². The van der Waals surface area contributed by atoms with Crippen molar-refractivity contribution in [3.8, 4) is 11.4 Å². The van der Waals surface area contributed by atoms with E-state index in [0.29, 0.717) is 11.5 Å². The Balaban J connectivity index is 2.44. The van der Waals surface area contributed by atoms with Crippen molar-refractivity contribution in [2.75, 3.05) is 6.26 Å². The number of nitrogens with one attached hydrogen (secondary N) is 1. The SMILES string of the molecule is CSc1ccc(-c2nc(CCl)cc(=O)[nH]2)cc1. The van der Waals surface area contributed by atoms with Gasteiger partial charge < -0.3 is 4.98 Å². The Morgan fingerprint density at radius 2 is 2.06 bits per heavy atom. The maximum atomic E-state index is 11.4. The molecule has 0 aliphatic heterocycles. The molecule has 1 N–H and O–H groups in total. The fraction of sp³-hybridized carbons (Fsp3) is 0.167. The largest absolute Gasteiger partial charge is 0.307 e. The standard InChI is InChI=1S/C12H11ClN2OS/c1-17-10-4-2-8(3-5-10)12-14-9(7-13)6-11(16)15-12/h2-6H,7H2,1H3,(H,14,15,16). The molecule has 1 aromatic carbocycles. The van der Waals surface area contributed by atoms with Crippen LogP contribution in [0, 0.1) is 0 Å². The lowest BCUT2D eigenvalue weighted by Gasteiger charge is -2.03. The molecule has 0 unspecified atom stereocenters. The maximum absolute atomic E-state index is 11.4. The van der Waals surface area contributed by atoms with Gasteiger partial charge in [0.1, 0.15) is 5.82 Å². The Hall–Kier alpha value is -1.26. The first-order chi connectivity index (χ1) is 8.22. The quantitative estimate of drug-likeness (QED) is 0.686. The van der Waals surface area contributed by atoms with Crippen LogP contribution in [0.15, 0.2) is 40.0 Å². The van der Waals surface area contributed by atoms with Gasteiger partial charge in [0.15, 0.2) is 0 Å². The Kier molecular flexibility index (Phi) is 3.86. The summed E-state index contributed by atoms with van der Waals surface area (Å²) in [6.45, 7) is 0. The van der Waals surface area contributed by atoms with Crippen molar-refractivity contribution in [1.29, 1.82) is 0 Å². The molecule has 0 aliphatic carbocycles. The highest BCUT2D eigenvalue weighted by molar-refractivity contribution is 7.98. The highest BCUT2D eigenvalue weighted by atomic mass is 35.5. The third-order valence-corrected chi connectivity index (χ3v) is 3.31. The van der Waals surface area contributed by atoms with Gasteiger partial charge in [0.25, 0.3) is 5.56 Å². The summed E-state index contributed by atoms with van der Waals surface area (Å²) in [7, 11) is 0. The second kappa shape index (κ2) is 5.38. The van der Waals surface area contributed by atoms with Gasteiger partial charge >= 0.3 is 0 Å². The second-order valence-corrected chi connectivity index (χ2v) is 4.59. The number of H-pyrrole nitrogens is 1. The molecule has 3 nitrogen and oxygen atoms in total. The summed E-state index contributed by atoms with van der Waals surface area (Å²) < 4.78 is 0. The fourth-order valence-electron chi connectivity index (χ4n) is 1.46. The van der Waals surface area contributed by atoms with Gasteiger partial charge in [-0.1, -0.05) is 12.1 Å². The molecule has 88 valence electrons. The van der Waals surface area contributed by atoms with Crippen LogP contribution in [0.5, 0.6) is 0 Å². The van der Waals surface area contributed by atoms with Crippen molar-refractivity contribution in [1.82, 2.24) is 9.97 Å². The third kappa shape index (κ3) is 2.90. The first kappa shape index (κ1) is 12.2.